The summed E-state index contributed by atoms with van der Waals surface area (Å²) in [7, 11) is 2.22. The van der Waals surface area contributed by atoms with E-state index in [1.807, 2.05) is 0 Å². The molecule has 1 saturated carbocycles. The number of rotatable bonds is 1. The van der Waals surface area contributed by atoms with Gasteiger partial charge in [0.15, 0.2) is 0 Å². The standard InChI is InChI=1S/C11H16INS/c1-11-7-3-8(11)5-10(14-11)6-9(4-7)13(2)12/h5,7,9-10H,3-4,6H2,1-2H3. The van der Waals surface area contributed by atoms with E-state index in [9.17, 15) is 0 Å². The van der Waals surface area contributed by atoms with E-state index >= 15 is 0 Å². The average molecular weight is 321 g/mol. The molecule has 3 heteroatoms. The van der Waals surface area contributed by atoms with Crippen molar-refractivity contribution in [1.29, 1.82) is 0 Å². The fraction of sp³-hybridized carbons (Fsp3) is 0.818. The van der Waals surface area contributed by atoms with Gasteiger partial charge in [-0.2, -0.15) is 0 Å². The molecule has 0 aromatic rings. The maximum absolute atomic E-state index is 2.56. The topological polar surface area (TPSA) is 3.24 Å². The molecule has 3 rings (SSSR count). The van der Waals surface area contributed by atoms with Crippen LogP contribution in [-0.4, -0.2) is 26.2 Å². The van der Waals surface area contributed by atoms with Crippen LogP contribution in [0.1, 0.15) is 26.2 Å². The van der Waals surface area contributed by atoms with E-state index in [4.69, 9.17) is 0 Å². The van der Waals surface area contributed by atoms with Crippen LogP contribution < -0.4 is 0 Å². The molecule has 1 nitrogen and oxygen atoms in total. The van der Waals surface area contributed by atoms with Gasteiger partial charge in [-0.25, -0.2) is 3.11 Å². The Morgan fingerprint density at radius 3 is 3.07 bits per heavy atom. The second kappa shape index (κ2) is 3.14. The summed E-state index contributed by atoms with van der Waals surface area (Å²) in [6.45, 7) is 2.47. The Labute approximate surface area is 104 Å². The van der Waals surface area contributed by atoms with Crippen LogP contribution in [0.5, 0.6) is 0 Å². The minimum Gasteiger partial charge on any atom is -0.247 e. The van der Waals surface area contributed by atoms with Crippen LogP contribution in [0.2, 0.25) is 0 Å². The van der Waals surface area contributed by atoms with Gasteiger partial charge in [0, 0.05) is 38.9 Å². The third kappa shape index (κ3) is 1.24. The zero-order chi connectivity index (χ0) is 9.92. The normalized spacial score (nSPS) is 50.0. The predicted octanol–water partition coefficient (Wildman–Crippen LogP) is 3.25. The second-order valence-corrected chi connectivity index (χ2v) is 8.22. The number of hydrogen-bond acceptors (Lipinski definition) is 2. The first-order valence-corrected chi connectivity index (χ1v) is 7.21. The summed E-state index contributed by atoms with van der Waals surface area (Å²) in [5.41, 5.74) is 1.76. The number of fused-ring (bicyclic) bond motifs is 1. The largest absolute Gasteiger partial charge is 0.247 e. The molecule has 2 fully saturated rings. The van der Waals surface area contributed by atoms with Gasteiger partial charge in [-0.15, -0.1) is 11.8 Å². The molecule has 2 heterocycles. The van der Waals surface area contributed by atoms with Gasteiger partial charge in [0.1, 0.15) is 0 Å². The zero-order valence-electron chi connectivity index (χ0n) is 8.66. The number of nitrogens with zero attached hydrogens (tertiary/aromatic N) is 1. The molecule has 14 heavy (non-hydrogen) atoms. The molecule has 0 amide bonds. The molecule has 4 atom stereocenters. The van der Waals surface area contributed by atoms with E-state index in [-0.39, 0.29) is 0 Å². The van der Waals surface area contributed by atoms with Crippen molar-refractivity contribution in [2.24, 2.45) is 5.92 Å². The number of thioether (sulfide) groups is 1. The first kappa shape index (κ1) is 9.97. The van der Waals surface area contributed by atoms with Crippen molar-refractivity contribution in [3.8, 4) is 0 Å². The summed E-state index contributed by atoms with van der Waals surface area (Å²) in [6, 6.07) is 0.804. The van der Waals surface area contributed by atoms with Crippen molar-refractivity contribution < 1.29 is 0 Å². The highest BCUT2D eigenvalue weighted by Crippen LogP contribution is 2.63. The summed E-state index contributed by atoms with van der Waals surface area (Å²) >= 11 is 4.69. The second-order valence-electron chi connectivity index (χ2n) is 5.01. The molecular formula is C11H16INS. The van der Waals surface area contributed by atoms with Crippen molar-refractivity contribution in [2.45, 2.75) is 42.2 Å². The Morgan fingerprint density at radius 2 is 2.36 bits per heavy atom. The lowest BCUT2D eigenvalue weighted by Gasteiger charge is -2.47. The van der Waals surface area contributed by atoms with Gasteiger partial charge in [0.25, 0.3) is 0 Å². The van der Waals surface area contributed by atoms with Gasteiger partial charge in [-0.1, -0.05) is 11.6 Å². The molecule has 2 aliphatic heterocycles. The Kier molecular flexibility index (Phi) is 2.23. The van der Waals surface area contributed by atoms with E-state index < -0.39 is 0 Å². The van der Waals surface area contributed by atoms with E-state index in [2.05, 4.69) is 57.8 Å². The third-order valence-electron chi connectivity index (χ3n) is 4.23. The molecule has 1 aliphatic carbocycles. The SMILES string of the molecule is CN(I)C1CC2C=C3CC(C1)C3(C)S2. The highest BCUT2D eigenvalue weighted by Gasteiger charge is 2.55. The molecule has 0 aromatic heterocycles. The Balaban J connectivity index is 1.88. The van der Waals surface area contributed by atoms with E-state index in [1.165, 1.54) is 19.3 Å². The molecule has 0 aromatic carbocycles. The van der Waals surface area contributed by atoms with Crippen molar-refractivity contribution in [1.82, 2.24) is 3.11 Å². The van der Waals surface area contributed by atoms with Crippen LogP contribution in [0.3, 0.4) is 0 Å². The van der Waals surface area contributed by atoms with Gasteiger partial charge >= 0.3 is 0 Å². The van der Waals surface area contributed by atoms with Crippen molar-refractivity contribution in [3.63, 3.8) is 0 Å². The van der Waals surface area contributed by atoms with Gasteiger partial charge in [0.05, 0.1) is 0 Å². The first-order chi connectivity index (χ1) is 6.59. The maximum Gasteiger partial charge on any atom is 0.0378 e. The Hall–Kier alpha value is 0.780. The van der Waals surface area contributed by atoms with E-state index in [0.29, 0.717) is 4.75 Å². The summed E-state index contributed by atoms with van der Waals surface area (Å²) in [6.07, 6.45) is 6.73. The van der Waals surface area contributed by atoms with Gasteiger partial charge < -0.3 is 0 Å². The molecule has 0 spiro atoms. The highest BCUT2D eigenvalue weighted by atomic mass is 127. The number of hydrogen-bond donors (Lipinski definition) is 0. The van der Waals surface area contributed by atoms with Crippen LogP contribution in [0.4, 0.5) is 0 Å². The average Bonchev–Trinajstić information content (AvgIpc) is 2.23. The lowest BCUT2D eigenvalue weighted by molar-refractivity contribution is 0.249. The Bertz CT molecular complexity index is 302. The van der Waals surface area contributed by atoms with Crippen LogP contribution in [0.15, 0.2) is 11.6 Å². The summed E-state index contributed by atoms with van der Waals surface area (Å²) in [5, 5.41) is 0.810. The van der Waals surface area contributed by atoms with Crippen LogP contribution in [-0.2, 0) is 0 Å². The maximum atomic E-state index is 2.56. The summed E-state index contributed by atoms with van der Waals surface area (Å²) < 4.78 is 2.94. The summed E-state index contributed by atoms with van der Waals surface area (Å²) in [5.74, 6) is 0.952. The molecule has 3 aliphatic rings. The minimum absolute atomic E-state index is 0.548. The molecule has 4 unspecified atom stereocenters. The van der Waals surface area contributed by atoms with Crippen molar-refractivity contribution >= 4 is 34.6 Å². The number of halogens is 1. The van der Waals surface area contributed by atoms with Gasteiger partial charge in [0.2, 0.25) is 0 Å². The quantitative estimate of drug-likeness (QED) is 0.414. The zero-order valence-corrected chi connectivity index (χ0v) is 11.6. The third-order valence-corrected chi connectivity index (χ3v) is 6.73. The van der Waals surface area contributed by atoms with Crippen LogP contribution >= 0.6 is 34.6 Å². The molecule has 78 valence electrons. The van der Waals surface area contributed by atoms with Gasteiger partial charge in [-0.3, -0.25) is 0 Å². The summed E-state index contributed by atoms with van der Waals surface area (Å²) in [4.78, 5) is 0. The monoisotopic (exact) mass is 321 g/mol. The lowest BCUT2D eigenvalue weighted by Crippen LogP contribution is -2.44. The molecule has 0 N–H and O–H groups in total. The van der Waals surface area contributed by atoms with Crippen LogP contribution in [0.25, 0.3) is 0 Å². The molecule has 2 bridgehead atoms. The van der Waals surface area contributed by atoms with Crippen LogP contribution in [0, 0.1) is 5.92 Å². The first-order valence-electron chi connectivity index (χ1n) is 5.37. The van der Waals surface area contributed by atoms with Gasteiger partial charge in [-0.05, 0) is 39.2 Å². The highest BCUT2D eigenvalue weighted by molar-refractivity contribution is 14.1. The fourth-order valence-corrected chi connectivity index (χ4v) is 5.49. The molecular weight excluding hydrogens is 305 g/mol. The predicted molar refractivity (Wildman–Crippen MR) is 70.8 cm³/mol. The van der Waals surface area contributed by atoms with E-state index in [1.54, 1.807) is 5.57 Å². The Morgan fingerprint density at radius 1 is 1.57 bits per heavy atom. The van der Waals surface area contributed by atoms with Crippen molar-refractivity contribution in [2.75, 3.05) is 7.05 Å². The van der Waals surface area contributed by atoms with Crippen molar-refractivity contribution in [3.05, 3.63) is 11.6 Å². The smallest absolute Gasteiger partial charge is 0.0378 e. The minimum atomic E-state index is 0.548. The molecule has 0 radical (unpaired) electrons. The molecule has 1 saturated heterocycles. The van der Waals surface area contributed by atoms with E-state index in [0.717, 1.165) is 17.2 Å². The fourth-order valence-electron chi connectivity index (χ4n) is 3.18. The lowest BCUT2D eigenvalue weighted by atomic mass is 9.65.